The molecule has 0 radical (unpaired) electrons. The summed E-state index contributed by atoms with van der Waals surface area (Å²) in [5, 5.41) is 3.05. The number of carbonyl (C=O) groups is 1. The summed E-state index contributed by atoms with van der Waals surface area (Å²) in [4.78, 5) is 22.0. The van der Waals surface area contributed by atoms with E-state index in [9.17, 15) is 4.79 Å². The first-order valence-corrected chi connectivity index (χ1v) is 11.9. The van der Waals surface area contributed by atoms with E-state index in [0.29, 0.717) is 13.1 Å². The Labute approximate surface area is 201 Å². The Balaban J connectivity index is 1.30. The van der Waals surface area contributed by atoms with Crippen LogP contribution in [0.4, 0.5) is 10.6 Å². The summed E-state index contributed by atoms with van der Waals surface area (Å²) in [6, 6.07) is 18.0. The molecule has 2 aromatic carbocycles. The van der Waals surface area contributed by atoms with Crippen LogP contribution in [0.15, 0.2) is 65.3 Å². The van der Waals surface area contributed by atoms with E-state index in [-0.39, 0.29) is 6.03 Å². The summed E-state index contributed by atoms with van der Waals surface area (Å²) in [7, 11) is 1.64. The van der Waals surface area contributed by atoms with Crippen molar-refractivity contribution in [2.75, 3.05) is 38.2 Å². The van der Waals surface area contributed by atoms with Gasteiger partial charge < -0.3 is 24.3 Å². The number of ether oxygens (including phenoxy) is 1. The van der Waals surface area contributed by atoms with Crippen molar-refractivity contribution in [2.45, 2.75) is 13.0 Å². The van der Waals surface area contributed by atoms with Gasteiger partial charge >= 0.3 is 6.03 Å². The lowest BCUT2D eigenvalue weighted by Crippen LogP contribution is -2.41. The Kier molecular flexibility index (Phi) is 6.09. The van der Waals surface area contributed by atoms with Gasteiger partial charge in [-0.3, -0.25) is 0 Å². The van der Waals surface area contributed by atoms with Gasteiger partial charge in [0.25, 0.3) is 0 Å². The second kappa shape index (κ2) is 9.31. The highest BCUT2D eigenvalue weighted by Gasteiger charge is 2.22. The van der Waals surface area contributed by atoms with Crippen LogP contribution >= 0.6 is 15.9 Å². The van der Waals surface area contributed by atoms with Gasteiger partial charge in [0.15, 0.2) is 5.82 Å². The van der Waals surface area contributed by atoms with Crippen molar-refractivity contribution < 1.29 is 9.53 Å². The third-order valence-electron chi connectivity index (χ3n) is 6.06. The SMILES string of the molecule is COc1cccc(CNC(=O)N2CCCN(c3nc4cc(Br)ccc4n4cccc34)CC2)c1. The van der Waals surface area contributed by atoms with Gasteiger partial charge in [0.05, 0.1) is 23.7 Å². The highest BCUT2D eigenvalue weighted by atomic mass is 79.9. The molecule has 0 spiro atoms. The number of halogens is 1. The van der Waals surface area contributed by atoms with Gasteiger partial charge in [0.2, 0.25) is 0 Å². The van der Waals surface area contributed by atoms with E-state index in [0.717, 1.165) is 64.2 Å². The van der Waals surface area contributed by atoms with Crippen LogP contribution in [0.1, 0.15) is 12.0 Å². The summed E-state index contributed by atoms with van der Waals surface area (Å²) < 4.78 is 8.46. The number of nitrogens with one attached hydrogen (secondary N) is 1. The van der Waals surface area contributed by atoms with Crippen molar-refractivity contribution in [1.82, 2.24) is 19.6 Å². The number of rotatable bonds is 4. The van der Waals surface area contributed by atoms with Gasteiger partial charge in [-0.2, -0.15) is 0 Å². The Morgan fingerprint density at radius 1 is 1.06 bits per heavy atom. The molecule has 8 heteroatoms. The minimum atomic E-state index is -0.0390. The molecular weight excluding hydrogens is 482 g/mol. The zero-order valence-electron chi connectivity index (χ0n) is 18.5. The van der Waals surface area contributed by atoms with Gasteiger partial charge in [0, 0.05) is 43.4 Å². The Bertz CT molecular complexity index is 1300. The molecule has 170 valence electrons. The Morgan fingerprint density at radius 3 is 2.85 bits per heavy atom. The molecule has 2 aromatic heterocycles. The molecule has 1 saturated heterocycles. The molecule has 4 aromatic rings. The third kappa shape index (κ3) is 4.48. The van der Waals surface area contributed by atoms with E-state index in [1.54, 1.807) is 7.11 Å². The van der Waals surface area contributed by atoms with E-state index in [1.807, 2.05) is 35.2 Å². The fraction of sp³-hybridized carbons (Fsp3) is 0.280. The minimum Gasteiger partial charge on any atom is -0.497 e. The number of hydrogen-bond donors (Lipinski definition) is 1. The van der Waals surface area contributed by atoms with Crippen molar-refractivity contribution in [3.8, 4) is 5.75 Å². The highest BCUT2D eigenvalue weighted by Crippen LogP contribution is 2.28. The van der Waals surface area contributed by atoms with E-state index < -0.39 is 0 Å². The molecule has 0 bridgehead atoms. The Hall–Kier alpha value is -3.26. The molecule has 2 amide bonds. The van der Waals surface area contributed by atoms with E-state index in [1.165, 1.54) is 0 Å². The molecule has 0 atom stereocenters. The van der Waals surface area contributed by atoms with Gasteiger partial charge in [-0.25, -0.2) is 9.78 Å². The van der Waals surface area contributed by atoms with Crippen LogP contribution < -0.4 is 15.0 Å². The maximum atomic E-state index is 12.8. The second-order valence-corrected chi connectivity index (χ2v) is 9.09. The van der Waals surface area contributed by atoms with Crippen LogP contribution in [0.5, 0.6) is 5.75 Å². The molecular formula is C25H26BrN5O2. The Morgan fingerprint density at radius 2 is 1.97 bits per heavy atom. The summed E-state index contributed by atoms with van der Waals surface area (Å²) >= 11 is 3.56. The topological polar surface area (TPSA) is 62.1 Å². The van der Waals surface area contributed by atoms with Crippen molar-refractivity contribution >= 4 is 44.3 Å². The molecule has 0 aliphatic carbocycles. The average Bonchev–Trinajstić information content (AvgIpc) is 3.20. The lowest BCUT2D eigenvalue weighted by molar-refractivity contribution is 0.201. The molecule has 0 unspecified atom stereocenters. The first-order chi connectivity index (χ1) is 16.1. The van der Waals surface area contributed by atoms with Crippen molar-refractivity contribution in [3.63, 3.8) is 0 Å². The van der Waals surface area contributed by atoms with Crippen molar-refractivity contribution in [2.24, 2.45) is 0 Å². The fourth-order valence-corrected chi connectivity index (χ4v) is 4.72. The molecule has 1 aliphatic rings. The maximum Gasteiger partial charge on any atom is 0.317 e. The van der Waals surface area contributed by atoms with E-state index in [2.05, 4.69) is 61.0 Å². The molecule has 1 fully saturated rings. The summed E-state index contributed by atoms with van der Waals surface area (Å²) in [6.45, 7) is 3.43. The van der Waals surface area contributed by atoms with Gasteiger partial charge in [-0.05, 0) is 54.4 Å². The number of fused-ring (bicyclic) bond motifs is 3. The summed E-state index contributed by atoms with van der Waals surface area (Å²) in [6.07, 6.45) is 2.96. The van der Waals surface area contributed by atoms with Crippen LogP contribution in [-0.4, -0.2) is 53.6 Å². The van der Waals surface area contributed by atoms with Crippen LogP contribution in [0.2, 0.25) is 0 Å². The quantitative estimate of drug-likeness (QED) is 0.435. The third-order valence-corrected chi connectivity index (χ3v) is 6.56. The molecule has 1 aliphatic heterocycles. The summed E-state index contributed by atoms with van der Waals surface area (Å²) in [5.74, 6) is 1.75. The number of amides is 2. The average molecular weight is 508 g/mol. The standard InChI is InChI=1S/C25H26BrN5O2/c1-33-20-6-2-5-18(15-20)17-27-25(32)30-11-4-10-29(13-14-30)24-23-7-3-12-31(23)22-9-8-19(26)16-21(22)28-24/h2-3,5-9,12,15-16H,4,10-11,13-14,17H2,1H3,(H,27,32). The van der Waals surface area contributed by atoms with Crippen molar-refractivity contribution in [1.29, 1.82) is 0 Å². The second-order valence-electron chi connectivity index (χ2n) is 8.17. The zero-order chi connectivity index (χ0) is 22.8. The van der Waals surface area contributed by atoms with Gasteiger partial charge in [-0.15, -0.1) is 0 Å². The molecule has 5 rings (SSSR count). The van der Waals surface area contributed by atoms with Crippen LogP contribution in [-0.2, 0) is 6.54 Å². The maximum absolute atomic E-state index is 12.8. The predicted octanol–water partition coefficient (Wildman–Crippen LogP) is 4.68. The van der Waals surface area contributed by atoms with Gasteiger partial charge in [-0.1, -0.05) is 28.1 Å². The first kappa shape index (κ1) is 21.6. The number of urea groups is 1. The van der Waals surface area contributed by atoms with Gasteiger partial charge in [0.1, 0.15) is 5.75 Å². The number of nitrogens with zero attached hydrogens (tertiary/aromatic N) is 4. The van der Waals surface area contributed by atoms with Crippen LogP contribution in [0.3, 0.4) is 0 Å². The first-order valence-electron chi connectivity index (χ1n) is 11.1. The molecule has 3 heterocycles. The van der Waals surface area contributed by atoms with E-state index in [4.69, 9.17) is 9.72 Å². The highest BCUT2D eigenvalue weighted by molar-refractivity contribution is 9.10. The molecule has 1 N–H and O–H groups in total. The number of anilines is 1. The summed E-state index contributed by atoms with van der Waals surface area (Å²) in [5.41, 5.74) is 4.12. The zero-order valence-corrected chi connectivity index (χ0v) is 20.1. The lowest BCUT2D eigenvalue weighted by atomic mass is 10.2. The lowest BCUT2D eigenvalue weighted by Gasteiger charge is -2.24. The molecule has 33 heavy (non-hydrogen) atoms. The number of carbonyl (C=O) groups excluding carboxylic acids is 1. The monoisotopic (exact) mass is 507 g/mol. The predicted molar refractivity (Wildman–Crippen MR) is 134 cm³/mol. The van der Waals surface area contributed by atoms with E-state index >= 15 is 0 Å². The fourth-order valence-electron chi connectivity index (χ4n) is 4.37. The van der Waals surface area contributed by atoms with Crippen molar-refractivity contribution in [3.05, 3.63) is 70.8 Å². The minimum absolute atomic E-state index is 0.0390. The number of hydrogen-bond acceptors (Lipinski definition) is 4. The molecule has 0 saturated carbocycles. The molecule has 7 nitrogen and oxygen atoms in total. The largest absolute Gasteiger partial charge is 0.497 e. The smallest absolute Gasteiger partial charge is 0.317 e. The van der Waals surface area contributed by atoms with Crippen LogP contribution in [0, 0.1) is 0 Å². The number of aromatic nitrogens is 2. The number of benzene rings is 2. The van der Waals surface area contributed by atoms with Crippen LogP contribution in [0.25, 0.3) is 16.6 Å². The normalized spacial score (nSPS) is 14.5. The number of methoxy groups -OCH3 is 1.